The first-order chi connectivity index (χ1) is 10.8. The molecule has 2 aromatic rings. The van der Waals surface area contributed by atoms with Crippen molar-refractivity contribution in [1.29, 1.82) is 0 Å². The largest absolute Gasteiger partial charge is 0.303 e. The molecule has 1 aliphatic heterocycles. The van der Waals surface area contributed by atoms with Crippen LogP contribution < -0.4 is 0 Å². The lowest BCUT2D eigenvalue weighted by Crippen LogP contribution is -2.36. The van der Waals surface area contributed by atoms with E-state index in [1.807, 2.05) is 12.3 Å². The van der Waals surface area contributed by atoms with E-state index in [2.05, 4.69) is 58.1 Å². The van der Waals surface area contributed by atoms with Crippen LogP contribution in [-0.4, -0.2) is 34.3 Å². The maximum atomic E-state index is 4.29. The van der Waals surface area contributed by atoms with Gasteiger partial charge in [-0.15, -0.1) is 0 Å². The lowest BCUT2D eigenvalue weighted by molar-refractivity contribution is 0.168. The van der Waals surface area contributed by atoms with E-state index in [0.717, 1.165) is 12.5 Å². The predicted molar refractivity (Wildman–Crippen MR) is 90.9 cm³/mol. The van der Waals surface area contributed by atoms with Crippen LogP contribution in [-0.2, 0) is 6.54 Å². The highest BCUT2D eigenvalue weighted by molar-refractivity contribution is 5.19. The molecule has 1 saturated heterocycles. The van der Waals surface area contributed by atoms with Gasteiger partial charge in [0.25, 0.3) is 0 Å². The molecule has 1 fully saturated rings. The molecule has 3 rings (SSSR count). The Kier molecular flexibility index (Phi) is 5.28. The van der Waals surface area contributed by atoms with Crippen molar-refractivity contribution in [2.45, 2.75) is 38.6 Å². The van der Waals surface area contributed by atoms with Gasteiger partial charge in [-0.2, -0.15) is 5.10 Å². The van der Waals surface area contributed by atoms with Crippen LogP contribution >= 0.6 is 0 Å². The van der Waals surface area contributed by atoms with Crippen molar-refractivity contribution in [3.05, 3.63) is 54.4 Å². The molecule has 1 unspecified atom stereocenters. The fraction of sp³-hybridized carbons (Fsp3) is 0.526. The molecule has 1 aromatic heterocycles. The summed E-state index contributed by atoms with van der Waals surface area (Å²) in [6.07, 6.45) is 7.87. The van der Waals surface area contributed by atoms with Crippen LogP contribution in [0.3, 0.4) is 0 Å². The molecule has 2 heterocycles. The van der Waals surface area contributed by atoms with Crippen molar-refractivity contribution < 1.29 is 0 Å². The zero-order chi connectivity index (χ0) is 15.2. The van der Waals surface area contributed by atoms with E-state index >= 15 is 0 Å². The molecule has 0 spiro atoms. The van der Waals surface area contributed by atoms with Gasteiger partial charge in [-0.1, -0.05) is 37.3 Å². The summed E-state index contributed by atoms with van der Waals surface area (Å²) in [5.74, 6) is 1.49. The van der Waals surface area contributed by atoms with Gasteiger partial charge in [-0.05, 0) is 55.8 Å². The standard InChI is InChI=1S/C19H27N3/c1-17(19-6-3-2-4-7-19)16-21-13-8-18(9-14-21)10-15-22-12-5-11-20-22/h2-7,11-12,17-18H,8-10,13-16H2,1H3. The molecule has 0 amide bonds. The zero-order valence-electron chi connectivity index (χ0n) is 13.6. The maximum absolute atomic E-state index is 4.29. The highest BCUT2D eigenvalue weighted by Crippen LogP contribution is 2.24. The molecule has 1 aromatic carbocycles. The van der Waals surface area contributed by atoms with Gasteiger partial charge in [-0.25, -0.2) is 0 Å². The molecular formula is C19H27N3. The van der Waals surface area contributed by atoms with Gasteiger partial charge in [0.2, 0.25) is 0 Å². The minimum Gasteiger partial charge on any atom is -0.303 e. The molecule has 3 nitrogen and oxygen atoms in total. The van der Waals surface area contributed by atoms with Crippen LogP contribution in [0.15, 0.2) is 48.8 Å². The zero-order valence-corrected chi connectivity index (χ0v) is 13.6. The number of hydrogen-bond donors (Lipinski definition) is 0. The fourth-order valence-electron chi connectivity index (χ4n) is 3.48. The van der Waals surface area contributed by atoms with E-state index in [1.54, 1.807) is 0 Å². The number of likely N-dealkylation sites (tertiary alicyclic amines) is 1. The maximum Gasteiger partial charge on any atom is 0.0489 e. The van der Waals surface area contributed by atoms with Crippen LogP contribution in [0, 0.1) is 5.92 Å². The predicted octanol–water partition coefficient (Wildman–Crippen LogP) is 3.79. The van der Waals surface area contributed by atoms with Crippen LogP contribution in [0.5, 0.6) is 0 Å². The van der Waals surface area contributed by atoms with Crippen molar-refractivity contribution in [2.24, 2.45) is 5.92 Å². The monoisotopic (exact) mass is 297 g/mol. The molecular weight excluding hydrogens is 270 g/mol. The average Bonchev–Trinajstić information content (AvgIpc) is 3.08. The SMILES string of the molecule is CC(CN1CCC(CCn2cccn2)CC1)c1ccccc1. The fourth-order valence-corrected chi connectivity index (χ4v) is 3.48. The molecule has 1 atom stereocenters. The number of piperidine rings is 1. The Hall–Kier alpha value is -1.61. The van der Waals surface area contributed by atoms with Crippen molar-refractivity contribution in [1.82, 2.24) is 14.7 Å². The van der Waals surface area contributed by atoms with E-state index in [0.29, 0.717) is 5.92 Å². The Morgan fingerprint density at radius 3 is 2.59 bits per heavy atom. The van der Waals surface area contributed by atoms with Crippen LogP contribution in [0.1, 0.15) is 37.7 Å². The summed E-state index contributed by atoms with van der Waals surface area (Å²) in [5, 5.41) is 4.29. The summed E-state index contributed by atoms with van der Waals surface area (Å²) in [7, 11) is 0. The topological polar surface area (TPSA) is 21.1 Å². The highest BCUT2D eigenvalue weighted by Gasteiger charge is 2.20. The van der Waals surface area contributed by atoms with Crippen molar-refractivity contribution in [2.75, 3.05) is 19.6 Å². The molecule has 0 saturated carbocycles. The summed E-state index contributed by atoms with van der Waals surface area (Å²) in [6, 6.07) is 12.9. The van der Waals surface area contributed by atoms with Crippen molar-refractivity contribution in [3.8, 4) is 0 Å². The van der Waals surface area contributed by atoms with Gasteiger partial charge in [-0.3, -0.25) is 4.68 Å². The number of benzene rings is 1. The second-order valence-electron chi connectivity index (χ2n) is 6.61. The molecule has 0 N–H and O–H groups in total. The molecule has 22 heavy (non-hydrogen) atoms. The Morgan fingerprint density at radius 2 is 1.91 bits per heavy atom. The number of aryl methyl sites for hydroxylation is 1. The van der Waals surface area contributed by atoms with Gasteiger partial charge >= 0.3 is 0 Å². The van der Waals surface area contributed by atoms with E-state index < -0.39 is 0 Å². The van der Waals surface area contributed by atoms with Gasteiger partial charge in [0.05, 0.1) is 0 Å². The summed E-state index contributed by atoms with van der Waals surface area (Å²) in [5.41, 5.74) is 1.46. The van der Waals surface area contributed by atoms with E-state index in [4.69, 9.17) is 0 Å². The molecule has 3 heteroatoms. The van der Waals surface area contributed by atoms with Crippen LogP contribution in [0.4, 0.5) is 0 Å². The first-order valence-corrected chi connectivity index (χ1v) is 8.56. The van der Waals surface area contributed by atoms with Gasteiger partial charge in [0.15, 0.2) is 0 Å². The minimum absolute atomic E-state index is 0.627. The normalized spacial score (nSPS) is 18.4. The number of hydrogen-bond acceptors (Lipinski definition) is 2. The minimum atomic E-state index is 0.627. The number of aromatic nitrogens is 2. The smallest absolute Gasteiger partial charge is 0.0489 e. The molecule has 0 bridgehead atoms. The van der Waals surface area contributed by atoms with Crippen molar-refractivity contribution >= 4 is 0 Å². The van der Waals surface area contributed by atoms with Gasteiger partial charge < -0.3 is 4.90 Å². The first kappa shape index (κ1) is 15.3. The third-order valence-electron chi connectivity index (χ3n) is 4.93. The Morgan fingerprint density at radius 1 is 1.14 bits per heavy atom. The second kappa shape index (κ2) is 7.59. The summed E-state index contributed by atoms with van der Waals surface area (Å²) in [4.78, 5) is 2.64. The van der Waals surface area contributed by atoms with E-state index in [1.165, 1.54) is 44.5 Å². The Bertz CT molecular complexity index is 527. The van der Waals surface area contributed by atoms with Crippen molar-refractivity contribution in [3.63, 3.8) is 0 Å². The molecule has 1 aliphatic rings. The molecule has 0 aliphatic carbocycles. The quantitative estimate of drug-likeness (QED) is 0.809. The third kappa shape index (κ3) is 4.20. The molecule has 0 radical (unpaired) electrons. The highest BCUT2D eigenvalue weighted by atomic mass is 15.3. The third-order valence-corrected chi connectivity index (χ3v) is 4.93. The second-order valence-corrected chi connectivity index (χ2v) is 6.61. The van der Waals surface area contributed by atoms with Gasteiger partial charge in [0.1, 0.15) is 0 Å². The Labute approximate surface area is 133 Å². The first-order valence-electron chi connectivity index (χ1n) is 8.56. The van der Waals surface area contributed by atoms with E-state index in [-0.39, 0.29) is 0 Å². The summed E-state index contributed by atoms with van der Waals surface area (Å²) < 4.78 is 2.06. The van der Waals surface area contributed by atoms with Crippen LogP contribution in [0.2, 0.25) is 0 Å². The molecule has 118 valence electrons. The van der Waals surface area contributed by atoms with Gasteiger partial charge in [0, 0.05) is 25.5 Å². The average molecular weight is 297 g/mol. The number of rotatable bonds is 6. The van der Waals surface area contributed by atoms with Crippen LogP contribution in [0.25, 0.3) is 0 Å². The Balaban J connectivity index is 1.40. The summed E-state index contributed by atoms with van der Waals surface area (Å²) >= 11 is 0. The summed E-state index contributed by atoms with van der Waals surface area (Å²) in [6.45, 7) is 7.11. The lowest BCUT2D eigenvalue weighted by atomic mass is 9.92. The number of nitrogens with zero attached hydrogens (tertiary/aromatic N) is 3. The lowest BCUT2D eigenvalue weighted by Gasteiger charge is -2.33. The van der Waals surface area contributed by atoms with E-state index in [9.17, 15) is 0 Å².